The molecule has 0 fully saturated rings. The smallest absolute Gasteiger partial charge is 0.0122 e. The van der Waals surface area contributed by atoms with Gasteiger partial charge in [-0.15, -0.1) is 0 Å². The normalized spacial score (nSPS) is 9.85. The van der Waals surface area contributed by atoms with Gasteiger partial charge in [-0.2, -0.15) is 0 Å². The summed E-state index contributed by atoms with van der Waals surface area (Å²) < 4.78 is 0. The Labute approximate surface area is 164 Å². The molecule has 0 radical (unpaired) electrons. The summed E-state index contributed by atoms with van der Waals surface area (Å²) >= 11 is 3.58. The Hall–Kier alpha value is -2.42. The van der Waals surface area contributed by atoms with Gasteiger partial charge in [-0.25, -0.2) is 0 Å². The average Bonchev–Trinajstić information content (AvgIpc) is 2.72. The van der Waals surface area contributed by atoms with Crippen molar-refractivity contribution in [2.24, 2.45) is 0 Å². The van der Waals surface area contributed by atoms with Gasteiger partial charge in [0.2, 0.25) is 0 Å². The van der Waals surface area contributed by atoms with Crippen molar-refractivity contribution >= 4 is 23.5 Å². The van der Waals surface area contributed by atoms with Gasteiger partial charge in [0.25, 0.3) is 0 Å². The summed E-state index contributed by atoms with van der Waals surface area (Å²) in [6, 6.07) is 41.6. The van der Waals surface area contributed by atoms with Crippen LogP contribution in [0.15, 0.2) is 141 Å². The van der Waals surface area contributed by atoms with Crippen molar-refractivity contribution in [1.29, 1.82) is 0 Å². The van der Waals surface area contributed by atoms with Crippen LogP contribution in [0.2, 0.25) is 0 Å². The summed E-state index contributed by atoms with van der Waals surface area (Å²) in [5.41, 5.74) is 0. The fourth-order valence-corrected chi connectivity index (χ4v) is 3.94. The highest BCUT2D eigenvalue weighted by Gasteiger charge is 1.94. The zero-order valence-corrected chi connectivity index (χ0v) is 16.0. The molecule has 0 nitrogen and oxygen atoms in total. The molecule has 4 aromatic carbocycles. The monoisotopic (exact) mass is 372 g/mol. The van der Waals surface area contributed by atoms with Gasteiger partial charge in [0, 0.05) is 19.6 Å². The van der Waals surface area contributed by atoms with Crippen LogP contribution in [0.4, 0.5) is 0 Å². The van der Waals surface area contributed by atoms with Crippen molar-refractivity contribution in [3.05, 3.63) is 121 Å². The van der Waals surface area contributed by atoms with Crippen molar-refractivity contribution in [2.75, 3.05) is 0 Å². The van der Waals surface area contributed by atoms with Gasteiger partial charge in [0.15, 0.2) is 0 Å². The van der Waals surface area contributed by atoms with Crippen molar-refractivity contribution in [1.82, 2.24) is 0 Å². The van der Waals surface area contributed by atoms with E-state index in [0.29, 0.717) is 0 Å². The van der Waals surface area contributed by atoms with Crippen LogP contribution in [0.1, 0.15) is 0 Å². The summed E-state index contributed by atoms with van der Waals surface area (Å²) in [6.45, 7) is 0. The third kappa shape index (κ3) is 6.47. The van der Waals surface area contributed by atoms with E-state index in [0.717, 1.165) is 0 Å². The molecule has 0 aliphatic carbocycles. The van der Waals surface area contributed by atoms with E-state index >= 15 is 0 Å². The predicted molar refractivity (Wildman–Crippen MR) is 114 cm³/mol. The van der Waals surface area contributed by atoms with Gasteiger partial charge >= 0.3 is 0 Å². The van der Waals surface area contributed by atoms with E-state index in [9.17, 15) is 0 Å². The van der Waals surface area contributed by atoms with Crippen molar-refractivity contribution in [3.63, 3.8) is 0 Å². The van der Waals surface area contributed by atoms with Crippen LogP contribution in [-0.2, 0) is 0 Å². The first-order chi connectivity index (χ1) is 12.9. The van der Waals surface area contributed by atoms with Crippen LogP contribution in [0.25, 0.3) is 0 Å². The summed E-state index contributed by atoms with van der Waals surface area (Å²) in [7, 11) is 0. The van der Waals surface area contributed by atoms with Crippen LogP contribution in [0.5, 0.6) is 0 Å². The van der Waals surface area contributed by atoms with Crippen LogP contribution < -0.4 is 0 Å². The quantitative estimate of drug-likeness (QED) is 0.360. The molecular formula is C24H20S2. The van der Waals surface area contributed by atoms with E-state index in [2.05, 4.69) is 97.1 Å². The van der Waals surface area contributed by atoms with Crippen LogP contribution in [0.3, 0.4) is 0 Å². The molecule has 2 heteroatoms. The first kappa shape index (κ1) is 18.4. The van der Waals surface area contributed by atoms with Gasteiger partial charge in [-0.05, 0) is 48.5 Å². The fourth-order valence-electron chi connectivity index (χ4n) is 2.23. The Morgan fingerprint density at radius 3 is 0.654 bits per heavy atom. The Kier molecular flexibility index (Phi) is 7.45. The van der Waals surface area contributed by atoms with Crippen LogP contribution >= 0.6 is 23.5 Å². The number of rotatable bonds is 4. The molecule has 0 atom stereocenters. The van der Waals surface area contributed by atoms with Crippen molar-refractivity contribution < 1.29 is 0 Å². The molecule has 0 saturated carbocycles. The Morgan fingerprint density at radius 2 is 0.462 bits per heavy atom. The minimum Gasteiger partial charge on any atom is -0.0901 e. The molecule has 0 amide bonds. The predicted octanol–water partition coefficient (Wildman–Crippen LogP) is 7.68. The molecule has 0 bridgehead atoms. The molecular weight excluding hydrogens is 352 g/mol. The highest BCUT2D eigenvalue weighted by Crippen LogP contribution is 2.27. The maximum atomic E-state index is 2.12. The minimum absolute atomic E-state index is 1.29. The zero-order chi connectivity index (χ0) is 17.9. The topological polar surface area (TPSA) is 0 Å². The molecule has 0 saturated heterocycles. The lowest BCUT2D eigenvalue weighted by atomic mass is 10.4. The van der Waals surface area contributed by atoms with Gasteiger partial charge in [-0.3, -0.25) is 0 Å². The van der Waals surface area contributed by atoms with E-state index in [-0.39, 0.29) is 0 Å². The van der Waals surface area contributed by atoms with E-state index in [1.807, 2.05) is 24.3 Å². The SMILES string of the molecule is c1ccc(Sc2ccccc2)cc1.c1ccc(Sc2ccccc2)cc1. The molecule has 4 aromatic rings. The summed E-state index contributed by atoms with van der Waals surface area (Å²) in [5.74, 6) is 0. The van der Waals surface area contributed by atoms with E-state index in [4.69, 9.17) is 0 Å². The highest BCUT2D eigenvalue weighted by molar-refractivity contribution is 7.99. The number of hydrogen-bond donors (Lipinski definition) is 0. The number of hydrogen-bond acceptors (Lipinski definition) is 2. The standard InChI is InChI=1S/2C12H10S/c2*1-3-7-11(8-4-1)13-12-9-5-2-6-10-12/h2*1-10H. The summed E-state index contributed by atoms with van der Waals surface area (Å²) in [4.78, 5) is 5.14. The first-order valence-electron chi connectivity index (χ1n) is 8.46. The van der Waals surface area contributed by atoms with Gasteiger partial charge in [0.05, 0.1) is 0 Å². The Morgan fingerprint density at radius 1 is 0.269 bits per heavy atom. The molecule has 0 aliphatic heterocycles. The molecule has 26 heavy (non-hydrogen) atoms. The molecule has 0 N–H and O–H groups in total. The van der Waals surface area contributed by atoms with Gasteiger partial charge < -0.3 is 0 Å². The molecule has 0 unspecified atom stereocenters. The van der Waals surface area contributed by atoms with Crippen LogP contribution in [-0.4, -0.2) is 0 Å². The fraction of sp³-hybridized carbons (Fsp3) is 0. The lowest BCUT2D eigenvalue weighted by molar-refractivity contribution is 1.41. The Balaban J connectivity index is 0.000000151. The molecule has 0 aliphatic rings. The first-order valence-corrected chi connectivity index (χ1v) is 10.1. The van der Waals surface area contributed by atoms with E-state index in [1.54, 1.807) is 23.5 Å². The second-order valence-electron chi connectivity index (χ2n) is 5.46. The largest absolute Gasteiger partial charge is 0.0901 e. The molecule has 128 valence electrons. The number of benzene rings is 4. The van der Waals surface area contributed by atoms with E-state index in [1.165, 1.54) is 19.6 Å². The van der Waals surface area contributed by atoms with Crippen LogP contribution in [0, 0.1) is 0 Å². The third-order valence-corrected chi connectivity index (χ3v) is 5.48. The zero-order valence-electron chi connectivity index (χ0n) is 14.4. The third-order valence-electron chi connectivity index (χ3n) is 3.44. The van der Waals surface area contributed by atoms with Gasteiger partial charge in [-0.1, -0.05) is 96.3 Å². The lowest BCUT2D eigenvalue weighted by Crippen LogP contribution is -1.70. The molecule has 0 heterocycles. The minimum atomic E-state index is 1.29. The molecule has 0 spiro atoms. The summed E-state index contributed by atoms with van der Waals surface area (Å²) in [6.07, 6.45) is 0. The van der Waals surface area contributed by atoms with Crippen molar-refractivity contribution in [2.45, 2.75) is 19.6 Å². The van der Waals surface area contributed by atoms with Gasteiger partial charge in [0.1, 0.15) is 0 Å². The van der Waals surface area contributed by atoms with Crippen molar-refractivity contribution in [3.8, 4) is 0 Å². The highest BCUT2D eigenvalue weighted by atomic mass is 32.2. The maximum Gasteiger partial charge on any atom is 0.0122 e. The second-order valence-corrected chi connectivity index (χ2v) is 7.75. The molecule has 4 rings (SSSR count). The summed E-state index contributed by atoms with van der Waals surface area (Å²) in [5, 5.41) is 0. The second kappa shape index (κ2) is 10.5. The molecule has 0 aromatic heterocycles. The maximum absolute atomic E-state index is 2.12. The lowest BCUT2D eigenvalue weighted by Gasteiger charge is -1.99. The van der Waals surface area contributed by atoms with E-state index < -0.39 is 0 Å². The average molecular weight is 373 g/mol. The Bertz CT molecular complexity index is 709.